The number of hydrogen-bond donors (Lipinski definition) is 1. The summed E-state index contributed by atoms with van der Waals surface area (Å²) in [6, 6.07) is 5.16. The third kappa shape index (κ3) is 4.42. The highest BCUT2D eigenvalue weighted by Gasteiger charge is 2.32. The van der Waals surface area contributed by atoms with Crippen molar-refractivity contribution in [1.82, 2.24) is 8.61 Å². The molecule has 1 aliphatic heterocycles. The monoisotopic (exact) mass is 371 g/mol. The minimum atomic E-state index is -3.42. The lowest BCUT2D eigenvalue weighted by Gasteiger charge is -2.32. The van der Waals surface area contributed by atoms with Gasteiger partial charge in [-0.05, 0) is 25.0 Å². The Bertz CT molecular complexity index is 712. The van der Waals surface area contributed by atoms with Gasteiger partial charge in [-0.15, -0.1) is 0 Å². The zero-order chi connectivity index (χ0) is 18.6. The SMILES string of the molecule is COc1ccc(NC(=O)C2CCN(S(=O)(=O)N(C)C)CC2)cc1OC. The normalized spacial score (nSPS) is 16.7. The number of rotatable bonds is 6. The van der Waals surface area contributed by atoms with Crippen molar-refractivity contribution < 1.29 is 22.7 Å². The summed E-state index contributed by atoms with van der Waals surface area (Å²) in [6.07, 6.45) is 0.985. The first-order valence-electron chi connectivity index (χ1n) is 8.00. The number of anilines is 1. The summed E-state index contributed by atoms with van der Waals surface area (Å²) < 4.78 is 37.2. The Balaban J connectivity index is 1.97. The molecular weight excluding hydrogens is 346 g/mol. The molecule has 1 heterocycles. The van der Waals surface area contributed by atoms with E-state index in [1.54, 1.807) is 25.3 Å². The third-order valence-corrected chi connectivity index (χ3v) is 6.20. The quantitative estimate of drug-likeness (QED) is 0.811. The second kappa shape index (κ2) is 8.03. The van der Waals surface area contributed by atoms with Crippen molar-refractivity contribution in [2.24, 2.45) is 5.92 Å². The summed E-state index contributed by atoms with van der Waals surface area (Å²) in [4.78, 5) is 12.5. The molecule has 1 fully saturated rings. The van der Waals surface area contributed by atoms with Crippen molar-refractivity contribution in [3.63, 3.8) is 0 Å². The molecule has 0 saturated carbocycles. The standard InChI is InChI=1S/C16H25N3O5S/c1-18(2)25(21,22)19-9-7-12(8-10-19)16(20)17-13-5-6-14(23-3)15(11-13)24-4/h5-6,11-12H,7-10H2,1-4H3,(H,17,20). The molecule has 1 aromatic rings. The van der Waals surface area contributed by atoms with E-state index in [4.69, 9.17) is 9.47 Å². The van der Waals surface area contributed by atoms with Crippen LogP contribution in [0, 0.1) is 5.92 Å². The Morgan fingerprint density at radius 2 is 1.76 bits per heavy atom. The van der Waals surface area contributed by atoms with Gasteiger partial charge < -0.3 is 14.8 Å². The van der Waals surface area contributed by atoms with Gasteiger partial charge in [-0.2, -0.15) is 17.0 Å². The van der Waals surface area contributed by atoms with E-state index in [0.717, 1.165) is 0 Å². The molecule has 25 heavy (non-hydrogen) atoms. The summed E-state index contributed by atoms with van der Waals surface area (Å²) >= 11 is 0. The van der Waals surface area contributed by atoms with Crippen LogP contribution in [0.3, 0.4) is 0 Å². The number of ether oxygens (including phenoxy) is 2. The van der Waals surface area contributed by atoms with E-state index in [0.29, 0.717) is 43.1 Å². The number of benzene rings is 1. The van der Waals surface area contributed by atoms with E-state index in [-0.39, 0.29) is 11.8 Å². The van der Waals surface area contributed by atoms with Gasteiger partial charge in [0.25, 0.3) is 10.2 Å². The maximum atomic E-state index is 12.5. The number of nitrogens with one attached hydrogen (secondary N) is 1. The van der Waals surface area contributed by atoms with Crippen LogP contribution in [-0.2, 0) is 15.0 Å². The molecule has 0 atom stereocenters. The lowest BCUT2D eigenvalue weighted by molar-refractivity contribution is -0.120. The molecule has 0 bridgehead atoms. The number of carbonyl (C=O) groups is 1. The lowest BCUT2D eigenvalue weighted by Crippen LogP contribution is -2.46. The Hall–Kier alpha value is -1.84. The number of piperidine rings is 1. The van der Waals surface area contributed by atoms with E-state index in [1.807, 2.05) is 0 Å². The number of carbonyl (C=O) groups excluding carboxylic acids is 1. The largest absolute Gasteiger partial charge is 0.493 e. The lowest BCUT2D eigenvalue weighted by atomic mass is 9.97. The van der Waals surface area contributed by atoms with Crippen molar-refractivity contribution in [3.05, 3.63) is 18.2 Å². The predicted octanol–water partition coefficient (Wildman–Crippen LogP) is 1.16. The number of methoxy groups -OCH3 is 2. The number of hydrogen-bond acceptors (Lipinski definition) is 5. The zero-order valence-electron chi connectivity index (χ0n) is 15.0. The Labute approximate surface area is 148 Å². The highest BCUT2D eigenvalue weighted by atomic mass is 32.2. The first kappa shape index (κ1) is 19.5. The molecule has 8 nitrogen and oxygen atoms in total. The van der Waals surface area contributed by atoms with Gasteiger partial charge in [-0.25, -0.2) is 0 Å². The topological polar surface area (TPSA) is 88.2 Å². The van der Waals surface area contributed by atoms with Crippen molar-refractivity contribution in [2.45, 2.75) is 12.8 Å². The van der Waals surface area contributed by atoms with Crippen LogP contribution in [-0.4, -0.2) is 64.3 Å². The van der Waals surface area contributed by atoms with Crippen LogP contribution in [0.25, 0.3) is 0 Å². The van der Waals surface area contributed by atoms with E-state index in [2.05, 4.69) is 5.32 Å². The van der Waals surface area contributed by atoms with Gasteiger partial charge >= 0.3 is 0 Å². The second-order valence-corrected chi connectivity index (χ2v) is 8.16. The molecule has 0 unspecified atom stereocenters. The van der Waals surface area contributed by atoms with E-state index < -0.39 is 10.2 Å². The fourth-order valence-electron chi connectivity index (χ4n) is 2.74. The van der Waals surface area contributed by atoms with Gasteiger partial charge in [0.2, 0.25) is 5.91 Å². The number of nitrogens with zero attached hydrogens (tertiary/aromatic N) is 2. The second-order valence-electron chi connectivity index (χ2n) is 6.02. The number of amides is 1. The van der Waals surface area contributed by atoms with Gasteiger partial charge in [-0.1, -0.05) is 0 Å². The summed E-state index contributed by atoms with van der Waals surface area (Å²) in [5.41, 5.74) is 0.617. The summed E-state index contributed by atoms with van der Waals surface area (Å²) in [5.74, 6) is 0.783. The molecule has 9 heteroatoms. The molecule has 1 aliphatic rings. The fourth-order valence-corrected chi connectivity index (χ4v) is 3.87. The van der Waals surface area contributed by atoms with Gasteiger partial charge in [0, 0.05) is 44.9 Å². The molecule has 140 valence electrons. The maximum absolute atomic E-state index is 12.5. The van der Waals surface area contributed by atoms with Crippen LogP contribution in [0.1, 0.15) is 12.8 Å². The molecule has 0 radical (unpaired) electrons. The molecular formula is C16H25N3O5S. The van der Waals surface area contributed by atoms with Crippen LogP contribution in [0.2, 0.25) is 0 Å². The molecule has 0 spiro atoms. The summed E-state index contributed by atoms with van der Waals surface area (Å²) in [7, 11) is 2.67. The molecule has 2 rings (SSSR count). The Kier molecular flexibility index (Phi) is 6.26. The molecule has 0 aromatic heterocycles. The third-order valence-electron chi connectivity index (χ3n) is 4.26. The Morgan fingerprint density at radius 1 is 1.16 bits per heavy atom. The highest BCUT2D eigenvalue weighted by Crippen LogP contribution is 2.30. The minimum absolute atomic E-state index is 0.117. The van der Waals surface area contributed by atoms with Crippen LogP contribution < -0.4 is 14.8 Å². The van der Waals surface area contributed by atoms with Gasteiger partial charge in [0.1, 0.15) is 0 Å². The average Bonchev–Trinajstić information content (AvgIpc) is 2.61. The van der Waals surface area contributed by atoms with Crippen molar-refractivity contribution in [3.8, 4) is 11.5 Å². The van der Waals surface area contributed by atoms with Crippen LogP contribution in [0.15, 0.2) is 18.2 Å². The molecule has 1 N–H and O–H groups in total. The van der Waals surface area contributed by atoms with E-state index in [9.17, 15) is 13.2 Å². The van der Waals surface area contributed by atoms with Crippen molar-refractivity contribution >= 4 is 21.8 Å². The first-order chi connectivity index (χ1) is 11.8. The maximum Gasteiger partial charge on any atom is 0.281 e. The summed E-state index contributed by atoms with van der Waals surface area (Å²) in [6.45, 7) is 0.676. The van der Waals surface area contributed by atoms with Crippen LogP contribution >= 0.6 is 0 Å². The molecule has 1 saturated heterocycles. The molecule has 1 amide bonds. The zero-order valence-corrected chi connectivity index (χ0v) is 15.8. The van der Waals surface area contributed by atoms with Gasteiger partial charge in [0.05, 0.1) is 14.2 Å². The minimum Gasteiger partial charge on any atom is -0.493 e. The van der Waals surface area contributed by atoms with E-state index >= 15 is 0 Å². The summed E-state index contributed by atoms with van der Waals surface area (Å²) in [5, 5.41) is 2.86. The average molecular weight is 371 g/mol. The van der Waals surface area contributed by atoms with Crippen molar-refractivity contribution in [2.75, 3.05) is 46.7 Å². The highest BCUT2D eigenvalue weighted by molar-refractivity contribution is 7.86. The van der Waals surface area contributed by atoms with Crippen LogP contribution in [0.5, 0.6) is 11.5 Å². The predicted molar refractivity (Wildman–Crippen MR) is 95.1 cm³/mol. The van der Waals surface area contributed by atoms with Gasteiger partial charge in [0.15, 0.2) is 11.5 Å². The van der Waals surface area contributed by atoms with Crippen LogP contribution in [0.4, 0.5) is 5.69 Å². The molecule has 1 aromatic carbocycles. The fraction of sp³-hybridized carbons (Fsp3) is 0.562. The molecule has 0 aliphatic carbocycles. The van der Waals surface area contributed by atoms with E-state index in [1.165, 1.54) is 29.8 Å². The van der Waals surface area contributed by atoms with Crippen molar-refractivity contribution in [1.29, 1.82) is 0 Å². The smallest absolute Gasteiger partial charge is 0.281 e. The first-order valence-corrected chi connectivity index (χ1v) is 9.39. The van der Waals surface area contributed by atoms with Gasteiger partial charge in [-0.3, -0.25) is 4.79 Å². The Morgan fingerprint density at radius 3 is 2.28 bits per heavy atom.